The molecule has 3 nitrogen and oxygen atoms in total. The molecule has 1 aromatic heterocycles. The Morgan fingerprint density at radius 1 is 1.53 bits per heavy atom. The Morgan fingerprint density at radius 3 is 3.00 bits per heavy atom. The third-order valence-electron chi connectivity index (χ3n) is 3.57. The second-order valence-corrected chi connectivity index (χ2v) is 5.78. The number of anilines is 1. The van der Waals surface area contributed by atoms with Gasteiger partial charge in [-0.1, -0.05) is 19.8 Å². The molecule has 1 fully saturated rings. The van der Waals surface area contributed by atoms with Gasteiger partial charge in [0, 0.05) is 24.0 Å². The van der Waals surface area contributed by atoms with Crippen LogP contribution in [-0.4, -0.2) is 17.6 Å². The maximum Gasteiger partial charge on any atom is 0.185 e. The molecule has 0 amide bonds. The van der Waals surface area contributed by atoms with Gasteiger partial charge in [0.2, 0.25) is 0 Å². The van der Waals surface area contributed by atoms with Gasteiger partial charge in [0.15, 0.2) is 5.13 Å². The van der Waals surface area contributed by atoms with E-state index in [1.165, 1.54) is 37.2 Å². The smallest absolute Gasteiger partial charge is 0.185 e. The van der Waals surface area contributed by atoms with E-state index in [1.54, 1.807) is 11.3 Å². The summed E-state index contributed by atoms with van der Waals surface area (Å²) in [6.45, 7) is 5.44. The molecule has 1 aliphatic heterocycles. The van der Waals surface area contributed by atoms with Crippen molar-refractivity contribution in [2.24, 2.45) is 5.73 Å². The summed E-state index contributed by atoms with van der Waals surface area (Å²) in [4.78, 5) is 7.20. The molecule has 0 saturated carbocycles. The molecular formula is C13H23N3S. The SMILES string of the molecule is CCC1CCCCCN1c1nc(C(C)N)cs1. The number of hydrogen-bond acceptors (Lipinski definition) is 4. The first-order valence-corrected chi connectivity index (χ1v) is 7.58. The fraction of sp³-hybridized carbons (Fsp3) is 0.769. The largest absolute Gasteiger partial charge is 0.345 e. The van der Waals surface area contributed by atoms with Crippen LogP contribution in [0.2, 0.25) is 0 Å². The zero-order valence-corrected chi connectivity index (χ0v) is 11.7. The number of rotatable bonds is 3. The summed E-state index contributed by atoms with van der Waals surface area (Å²) in [5.74, 6) is 0. The van der Waals surface area contributed by atoms with Gasteiger partial charge >= 0.3 is 0 Å². The van der Waals surface area contributed by atoms with Crippen molar-refractivity contribution in [1.82, 2.24) is 4.98 Å². The monoisotopic (exact) mass is 253 g/mol. The summed E-state index contributed by atoms with van der Waals surface area (Å²) in [6, 6.07) is 0.719. The molecule has 1 saturated heterocycles. The first-order chi connectivity index (χ1) is 8.22. The summed E-state index contributed by atoms with van der Waals surface area (Å²) < 4.78 is 0. The lowest BCUT2D eigenvalue weighted by Gasteiger charge is -2.28. The quantitative estimate of drug-likeness (QED) is 0.898. The van der Waals surface area contributed by atoms with Crippen LogP contribution in [0, 0.1) is 0 Å². The zero-order valence-electron chi connectivity index (χ0n) is 10.9. The first-order valence-electron chi connectivity index (χ1n) is 6.70. The van der Waals surface area contributed by atoms with Crippen molar-refractivity contribution in [3.63, 3.8) is 0 Å². The fourth-order valence-electron chi connectivity index (χ4n) is 2.47. The average molecular weight is 253 g/mol. The molecular weight excluding hydrogens is 230 g/mol. The highest BCUT2D eigenvalue weighted by Gasteiger charge is 2.22. The molecule has 1 aromatic rings. The van der Waals surface area contributed by atoms with Gasteiger partial charge in [-0.3, -0.25) is 0 Å². The zero-order chi connectivity index (χ0) is 12.3. The number of hydrogen-bond donors (Lipinski definition) is 1. The fourth-order valence-corrected chi connectivity index (χ4v) is 3.50. The molecule has 1 aliphatic rings. The minimum absolute atomic E-state index is 0.0482. The van der Waals surface area contributed by atoms with Crippen molar-refractivity contribution in [2.75, 3.05) is 11.4 Å². The normalized spacial score (nSPS) is 23.5. The minimum atomic E-state index is 0.0482. The van der Waals surface area contributed by atoms with Gasteiger partial charge in [-0.2, -0.15) is 0 Å². The predicted octanol–water partition coefficient (Wildman–Crippen LogP) is 3.32. The number of aromatic nitrogens is 1. The highest BCUT2D eigenvalue weighted by molar-refractivity contribution is 7.13. The van der Waals surface area contributed by atoms with E-state index >= 15 is 0 Å². The van der Waals surface area contributed by atoms with Gasteiger partial charge in [0.05, 0.1) is 5.69 Å². The lowest BCUT2D eigenvalue weighted by molar-refractivity contribution is 0.554. The van der Waals surface area contributed by atoms with Gasteiger partial charge in [-0.25, -0.2) is 4.98 Å². The molecule has 2 N–H and O–H groups in total. The molecule has 0 aliphatic carbocycles. The standard InChI is InChI=1S/C13H23N3S/c1-3-11-7-5-4-6-8-16(11)13-15-12(9-17-13)10(2)14/h9-11H,3-8,14H2,1-2H3. The Bertz CT molecular complexity index is 348. The molecule has 0 aromatic carbocycles. The van der Waals surface area contributed by atoms with E-state index in [0.717, 1.165) is 12.2 Å². The molecule has 0 spiro atoms. The van der Waals surface area contributed by atoms with Crippen molar-refractivity contribution >= 4 is 16.5 Å². The minimum Gasteiger partial charge on any atom is -0.345 e. The van der Waals surface area contributed by atoms with Crippen LogP contribution in [0.25, 0.3) is 0 Å². The number of nitrogens with zero attached hydrogens (tertiary/aromatic N) is 2. The van der Waals surface area contributed by atoms with Gasteiger partial charge in [-0.05, 0) is 26.2 Å². The molecule has 2 atom stereocenters. The third kappa shape index (κ3) is 2.99. The van der Waals surface area contributed by atoms with E-state index in [4.69, 9.17) is 10.7 Å². The van der Waals surface area contributed by atoms with Crippen LogP contribution in [0.15, 0.2) is 5.38 Å². The second-order valence-electron chi connectivity index (χ2n) is 4.95. The maximum atomic E-state index is 5.88. The highest BCUT2D eigenvalue weighted by atomic mass is 32.1. The second kappa shape index (κ2) is 5.83. The van der Waals surface area contributed by atoms with Crippen molar-refractivity contribution in [3.05, 3.63) is 11.1 Å². The Morgan fingerprint density at radius 2 is 2.35 bits per heavy atom. The molecule has 96 valence electrons. The van der Waals surface area contributed by atoms with E-state index in [0.29, 0.717) is 6.04 Å². The molecule has 0 radical (unpaired) electrons. The van der Waals surface area contributed by atoms with Crippen LogP contribution >= 0.6 is 11.3 Å². The van der Waals surface area contributed by atoms with Crippen molar-refractivity contribution in [2.45, 2.75) is 58.0 Å². The summed E-state index contributed by atoms with van der Waals surface area (Å²) in [7, 11) is 0. The van der Waals surface area contributed by atoms with Gasteiger partial charge in [-0.15, -0.1) is 11.3 Å². The van der Waals surface area contributed by atoms with E-state index in [2.05, 4.69) is 17.2 Å². The third-order valence-corrected chi connectivity index (χ3v) is 4.47. The molecule has 4 heteroatoms. The van der Waals surface area contributed by atoms with Crippen molar-refractivity contribution in [1.29, 1.82) is 0 Å². The number of nitrogens with two attached hydrogens (primary N) is 1. The Hall–Kier alpha value is -0.610. The van der Waals surface area contributed by atoms with Crippen LogP contribution in [0.3, 0.4) is 0 Å². The van der Waals surface area contributed by atoms with E-state index in [9.17, 15) is 0 Å². The van der Waals surface area contributed by atoms with Crippen LogP contribution in [0.5, 0.6) is 0 Å². The topological polar surface area (TPSA) is 42.2 Å². The highest BCUT2D eigenvalue weighted by Crippen LogP contribution is 2.29. The summed E-state index contributed by atoms with van der Waals surface area (Å²) in [6.07, 6.45) is 6.54. The Balaban J connectivity index is 2.16. The molecule has 2 rings (SSSR count). The van der Waals surface area contributed by atoms with Gasteiger partial charge < -0.3 is 10.6 Å². The Kier molecular flexibility index (Phi) is 4.40. The lowest BCUT2D eigenvalue weighted by Crippen LogP contribution is -2.34. The number of thiazole rings is 1. The van der Waals surface area contributed by atoms with Crippen LogP contribution in [0.4, 0.5) is 5.13 Å². The molecule has 2 heterocycles. The summed E-state index contributed by atoms with van der Waals surface area (Å²) in [5, 5.41) is 3.28. The Labute approximate surface area is 108 Å². The van der Waals surface area contributed by atoms with E-state index in [-0.39, 0.29) is 6.04 Å². The molecule has 2 unspecified atom stereocenters. The molecule has 0 bridgehead atoms. The predicted molar refractivity (Wildman–Crippen MR) is 74.6 cm³/mol. The van der Waals surface area contributed by atoms with Gasteiger partial charge in [0.1, 0.15) is 0 Å². The molecule has 17 heavy (non-hydrogen) atoms. The lowest BCUT2D eigenvalue weighted by atomic mass is 10.1. The van der Waals surface area contributed by atoms with E-state index in [1.807, 2.05) is 6.92 Å². The van der Waals surface area contributed by atoms with Crippen LogP contribution < -0.4 is 10.6 Å². The summed E-state index contributed by atoms with van der Waals surface area (Å²) >= 11 is 1.75. The van der Waals surface area contributed by atoms with E-state index < -0.39 is 0 Å². The maximum absolute atomic E-state index is 5.88. The van der Waals surface area contributed by atoms with Crippen LogP contribution in [0.1, 0.15) is 57.7 Å². The van der Waals surface area contributed by atoms with Crippen molar-refractivity contribution in [3.8, 4) is 0 Å². The van der Waals surface area contributed by atoms with Crippen molar-refractivity contribution < 1.29 is 0 Å². The first kappa shape index (κ1) is 12.8. The average Bonchev–Trinajstić information content (AvgIpc) is 2.68. The summed E-state index contributed by atoms with van der Waals surface area (Å²) in [5.41, 5.74) is 6.91. The van der Waals surface area contributed by atoms with Gasteiger partial charge in [0.25, 0.3) is 0 Å². The van der Waals surface area contributed by atoms with Crippen LogP contribution in [-0.2, 0) is 0 Å².